The Morgan fingerprint density at radius 1 is 1.35 bits per heavy atom. The first-order chi connectivity index (χ1) is 11.0. The van der Waals surface area contributed by atoms with Crippen LogP contribution < -0.4 is 10.2 Å². The van der Waals surface area contributed by atoms with Crippen molar-refractivity contribution in [3.8, 4) is 0 Å². The number of nitrogens with zero attached hydrogens (tertiary/aromatic N) is 2. The molecule has 0 bridgehead atoms. The average molecular weight is 379 g/mol. The lowest BCUT2D eigenvalue weighted by atomic mass is 10.1. The summed E-state index contributed by atoms with van der Waals surface area (Å²) in [7, 11) is 2.05. The first-order valence-corrected chi connectivity index (χ1v) is 8.58. The van der Waals surface area contributed by atoms with Gasteiger partial charge in [0.25, 0.3) is 5.91 Å². The van der Waals surface area contributed by atoms with E-state index < -0.39 is 0 Å². The number of anilines is 1. The molecule has 0 unspecified atom stereocenters. The number of halogens is 1. The second kappa shape index (κ2) is 8.15. The summed E-state index contributed by atoms with van der Waals surface area (Å²) in [5, 5.41) is 9.94. The van der Waals surface area contributed by atoms with Gasteiger partial charge in [0.1, 0.15) is 0 Å². The Hall–Kier alpha value is -1.82. The molecule has 1 amide bonds. The number of amides is 1. The third-order valence-electron chi connectivity index (χ3n) is 3.68. The van der Waals surface area contributed by atoms with E-state index in [2.05, 4.69) is 69.4 Å². The quantitative estimate of drug-likeness (QED) is 0.724. The fourth-order valence-electron chi connectivity index (χ4n) is 2.29. The van der Waals surface area contributed by atoms with Crippen LogP contribution in [0.25, 0.3) is 0 Å². The van der Waals surface area contributed by atoms with Crippen molar-refractivity contribution in [2.75, 3.05) is 25.0 Å². The number of para-hydroxylation sites is 1. The third-order valence-corrected chi connectivity index (χ3v) is 4.48. The van der Waals surface area contributed by atoms with Gasteiger partial charge in [0.15, 0.2) is 5.69 Å². The van der Waals surface area contributed by atoms with Crippen molar-refractivity contribution < 1.29 is 4.79 Å². The summed E-state index contributed by atoms with van der Waals surface area (Å²) < 4.78 is 0.756. The van der Waals surface area contributed by atoms with Crippen molar-refractivity contribution in [2.45, 2.75) is 26.2 Å². The lowest BCUT2D eigenvalue weighted by Crippen LogP contribution is -2.28. The van der Waals surface area contributed by atoms with Crippen LogP contribution in [0.5, 0.6) is 0 Å². The number of rotatable bonds is 7. The molecule has 1 aromatic carbocycles. The van der Waals surface area contributed by atoms with Crippen LogP contribution in [0.15, 0.2) is 34.8 Å². The van der Waals surface area contributed by atoms with E-state index in [1.165, 1.54) is 5.69 Å². The Morgan fingerprint density at radius 3 is 2.65 bits per heavy atom. The van der Waals surface area contributed by atoms with E-state index in [1.807, 2.05) is 18.2 Å². The Morgan fingerprint density at radius 2 is 2.04 bits per heavy atom. The van der Waals surface area contributed by atoms with Crippen LogP contribution in [-0.4, -0.2) is 36.2 Å². The van der Waals surface area contributed by atoms with E-state index in [4.69, 9.17) is 0 Å². The normalized spacial score (nSPS) is 10.8. The van der Waals surface area contributed by atoms with Crippen molar-refractivity contribution in [2.24, 2.45) is 0 Å². The molecule has 0 fully saturated rings. The molecule has 5 nitrogen and oxygen atoms in total. The highest BCUT2D eigenvalue weighted by Crippen LogP contribution is 2.25. The van der Waals surface area contributed by atoms with Crippen LogP contribution in [0, 0.1) is 0 Å². The molecule has 2 aromatic rings. The molecule has 2 rings (SSSR count). The van der Waals surface area contributed by atoms with Gasteiger partial charge in [0.05, 0.1) is 10.2 Å². The van der Waals surface area contributed by atoms with Crippen molar-refractivity contribution >= 4 is 27.5 Å². The minimum Gasteiger partial charge on any atom is -0.375 e. The second-order valence-corrected chi connectivity index (χ2v) is 6.61. The maximum absolute atomic E-state index is 12.2. The number of benzene rings is 1. The van der Waals surface area contributed by atoms with E-state index in [1.54, 1.807) is 0 Å². The van der Waals surface area contributed by atoms with Gasteiger partial charge in [0, 0.05) is 25.8 Å². The molecule has 6 heteroatoms. The summed E-state index contributed by atoms with van der Waals surface area (Å²) in [4.78, 5) is 14.4. The van der Waals surface area contributed by atoms with Gasteiger partial charge in [-0.3, -0.25) is 9.89 Å². The van der Waals surface area contributed by atoms with E-state index in [9.17, 15) is 4.79 Å². The highest BCUT2D eigenvalue weighted by Gasteiger charge is 2.18. The molecule has 0 radical (unpaired) electrons. The largest absolute Gasteiger partial charge is 0.375 e. The van der Waals surface area contributed by atoms with Crippen LogP contribution >= 0.6 is 15.9 Å². The maximum Gasteiger partial charge on any atom is 0.272 e. The third kappa shape index (κ3) is 4.58. The molecule has 0 aliphatic rings. The SMILES string of the molecule is CC(C)c1[nH]nc(C(=O)NCCCN(C)c2ccccc2)c1Br. The topological polar surface area (TPSA) is 61.0 Å². The average Bonchev–Trinajstić information content (AvgIpc) is 2.94. The first-order valence-electron chi connectivity index (χ1n) is 7.78. The molecule has 2 N–H and O–H groups in total. The predicted octanol–water partition coefficient (Wildman–Crippen LogP) is 3.55. The Balaban J connectivity index is 1.79. The zero-order valence-electron chi connectivity index (χ0n) is 13.8. The van der Waals surface area contributed by atoms with Gasteiger partial charge >= 0.3 is 0 Å². The standard InChI is InChI=1S/C17H23BrN4O/c1-12(2)15-14(18)16(21-20-15)17(23)19-10-7-11-22(3)13-8-5-4-6-9-13/h4-6,8-9,12H,7,10-11H2,1-3H3,(H,19,23)(H,20,21). The number of aromatic amines is 1. The number of carbonyl (C=O) groups excluding carboxylic acids is 1. The molecule has 0 saturated heterocycles. The fraction of sp³-hybridized carbons (Fsp3) is 0.412. The van der Waals surface area contributed by atoms with Gasteiger partial charge in [-0.05, 0) is 40.4 Å². The van der Waals surface area contributed by atoms with Gasteiger partial charge in [-0.25, -0.2) is 0 Å². The Kier molecular flexibility index (Phi) is 6.21. The number of hydrogen-bond acceptors (Lipinski definition) is 3. The van der Waals surface area contributed by atoms with E-state index in [-0.39, 0.29) is 11.8 Å². The minimum absolute atomic E-state index is 0.151. The molecule has 124 valence electrons. The van der Waals surface area contributed by atoms with Crippen LogP contribution in [0.3, 0.4) is 0 Å². The summed E-state index contributed by atoms with van der Waals surface area (Å²) in [6.45, 7) is 5.61. The summed E-state index contributed by atoms with van der Waals surface area (Å²) in [6.07, 6.45) is 0.871. The summed E-state index contributed by atoms with van der Waals surface area (Å²) in [6, 6.07) is 10.2. The van der Waals surface area contributed by atoms with Gasteiger partial charge in [-0.2, -0.15) is 5.10 Å². The highest BCUT2D eigenvalue weighted by molar-refractivity contribution is 9.10. The van der Waals surface area contributed by atoms with Crippen LogP contribution in [0.4, 0.5) is 5.69 Å². The number of H-pyrrole nitrogens is 1. The monoisotopic (exact) mass is 378 g/mol. The molecule has 0 aliphatic heterocycles. The molecule has 1 aromatic heterocycles. The fourth-order valence-corrected chi connectivity index (χ4v) is 3.10. The molecule has 0 saturated carbocycles. The Bertz CT molecular complexity index is 639. The molecule has 23 heavy (non-hydrogen) atoms. The molecule has 0 aliphatic carbocycles. The summed E-state index contributed by atoms with van der Waals surface area (Å²) in [5.74, 6) is 0.139. The first kappa shape index (κ1) is 17.5. The van der Waals surface area contributed by atoms with Crippen molar-refractivity contribution in [1.29, 1.82) is 0 Å². The van der Waals surface area contributed by atoms with Crippen molar-refractivity contribution in [3.05, 3.63) is 46.2 Å². The van der Waals surface area contributed by atoms with E-state index >= 15 is 0 Å². The zero-order valence-corrected chi connectivity index (χ0v) is 15.4. The van der Waals surface area contributed by atoms with Crippen LogP contribution in [0.2, 0.25) is 0 Å². The van der Waals surface area contributed by atoms with Gasteiger partial charge < -0.3 is 10.2 Å². The molecule has 0 atom stereocenters. The zero-order chi connectivity index (χ0) is 16.8. The lowest BCUT2D eigenvalue weighted by molar-refractivity contribution is 0.0947. The number of nitrogens with one attached hydrogen (secondary N) is 2. The molecular formula is C17H23BrN4O. The molecular weight excluding hydrogens is 356 g/mol. The lowest BCUT2D eigenvalue weighted by Gasteiger charge is -2.19. The minimum atomic E-state index is -0.151. The number of aromatic nitrogens is 2. The van der Waals surface area contributed by atoms with E-state index in [0.29, 0.717) is 12.2 Å². The summed E-state index contributed by atoms with van der Waals surface area (Å²) in [5.41, 5.74) is 2.54. The van der Waals surface area contributed by atoms with Crippen LogP contribution in [-0.2, 0) is 0 Å². The summed E-state index contributed by atoms with van der Waals surface area (Å²) >= 11 is 3.45. The number of hydrogen-bond donors (Lipinski definition) is 2. The van der Waals surface area contributed by atoms with Gasteiger partial charge in [-0.15, -0.1) is 0 Å². The predicted molar refractivity (Wildman–Crippen MR) is 97.0 cm³/mol. The smallest absolute Gasteiger partial charge is 0.272 e. The van der Waals surface area contributed by atoms with Gasteiger partial charge in [0.2, 0.25) is 0 Å². The van der Waals surface area contributed by atoms with Crippen LogP contribution in [0.1, 0.15) is 42.4 Å². The molecule has 1 heterocycles. The highest BCUT2D eigenvalue weighted by atomic mass is 79.9. The molecule has 0 spiro atoms. The van der Waals surface area contributed by atoms with E-state index in [0.717, 1.165) is 23.1 Å². The van der Waals surface area contributed by atoms with Crippen molar-refractivity contribution in [1.82, 2.24) is 15.5 Å². The Labute approximate surface area is 145 Å². The van der Waals surface area contributed by atoms with Crippen molar-refractivity contribution in [3.63, 3.8) is 0 Å². The number of carbonyl (C=O) groups is 1. The van der Waals surface area contributed by atoms with Gasteiger partial charge in [-0.1, -0.05) is 32.0 Å². The second-order valence-electron chi connectivity index (χ2n) is 5.82. The maximum atomic E-state index is 12.2.